The third-order valence-corrected chi connectivity index (χ3v) is 5.09. The molecule has 1 aromatic rings. The molecule has 2 unspecified atom stereocenters. The average Bonchev–Trinajstić information content (AvgIpc) is 3.25. The van der Waals surface area contributed by atoms with E-state index in [-0.39, 0.29) is 0 Å². The van der Waals surface area contributed by atoms with E-state index in [4.69, 9.17) is 11.6 Å². The van der Waals surface area contributed by atoms with Crippen LogP contribution in [-0.2, 0) is 6.54 Å². The summed E-state index contributed by atoms with van der Waals surface area (Å²) in [6.07, 6.45) is 6.99. The van der Waals surface area contributed by atoms with Crippen molar-refractivity contribution in [2.75, 3.05) is 11.4 Å². The van der Waals surface area contributed by atoms with Crippen LogP contribution in [0.25, 0.3) is 0 Å². The standard InChI is InChI=1S/C16H24ClN3/c1-11-4-3-7-20(12(11)2)16-8-13(15(17)10-19-16)9-18-14-5-6-14/h8,10-12,14,18H,3-7,9H2,1-2H3. The maximum absolute atomic E-state index is 6.28. The van der Waals surface area contributed by atoms with E-state index in [1.54, 1.807) is 0 Å². The van der Waals surface area contributed by atoms with Crippen LogP contribution >= 0.6 is 11.6 Å². The SMILES string of the molecule is CC1CCCN(c2cc(CNC3CC3)c(Cl)cn2)C1C. The zero-order valence-electron chi connectivity index (χ0n) is 12.4. The molecule has 110 valence electrons. The molecule has 1 saturated heterocycles. The van der Waals surface area contributed by atoms with E-state index in [2.05, 4.69) is 35.1 Å². The molecule has 1 aromatic heterocycles. The molecule has 1 aliphatic carbocycles. The number of aromatic nitrogens is 1. The second kappa shape index (κ2) is 5.90. The van der Waals surface area contributed by atoms with Crippen molar-refractivity contribution >= 4 is 17.4 Å². The summed E-state index contributed by atoms with van der Waals surface area (Å²) in [7, 11) is 0. The fourth-order valence-corrected chi connectivity index (χ4v) is 3.13. The number of hydrogen-bond donors (Lipinski definition) is 1. The van der Waals surface area contributed by atoms with Crippen molar-refractivity contribution in [1.82, 2.24) is 10.3 Å². The average molecular weight is 294 g/mol. The lowest BCUT2D eigenvalue weighted by Crippen LogP contribution is -2.43. The summed E-state index contributed by atoms with van der Waals surface area (Å²) >= 11 is 6.28. The molecule has 0 radical (unpaired) electrons. The van der Waals surface area contributed by atoms with Crippen molar-refractivity contribution in [3.8, 4) is 0 Å². The van der Waals surface area contributed by atoms with E-state index in [9.17, 15) is 0 Å². The summed E-state index contributed by atoms with van der Waals surface area (Å²) in [5.41, 5.74) is 1.17. The third-order valence-electron chi connectivity index (χ3n) is 4.75. The summed E-state index contributed by atoms with van der Waals surface area (Å²) in [5.74, 6) is 1.82. The van der Waals surface area contributed by atoms with Crippen LogP contribution in [0.15, 0.2) is 12.3 Å². The molecule has 3 rings (SSSR count). The monoisotopic (exact) mass is 293 g/mol. The van der Waals surface area contributed by atoms with Crippen LogP contribution in [0.1, 0.15) is 45.1 Å². The first-order valence-electron chi connectivity index (χ1n) is 7.79. The highest BCUT2D eigenvalue weighted by molar-refractivity contribution is 6.31. The molecule has 1 aliphatic heterocycles. The summed E-state index contributed by atoms with van der Waals surface area (Å²) in [6, 6.07) is 3.44. The molecule has 3 nitrogen and oxygen atoms in total. The van der Waals surface area contributed by atoms with Gasteiger partial charge in [0.15, 0.2) is 0 Å². The topological polar surface area (TPSA) is 28.2 Å². The number of anilines is 1. The predicted molar refractivity (Wildman–Crippen MR) is 84.3 cm³/mol. The second-order valence-corrected chi connectivity index (χ2v) is 6.75. The second-order valence-electron chi connectivity index (χ2n) is 6.34. The molecular formula is C16H24ClN3. The number of nitrogens with zero attached hydrogens (tertiary/aromatic N) is 2. The van der Waals surface area contributed by atoms with Crippen LogP contribution in [-0.4, -0.2) is 23.6 Å². The van der Waals surface area contributed by atoms with Gasteiger partial charge in [0.1, 0.15) is 5.82 Å². The maximum atomic E-state index is 6.28. The Balaban J connectivity index is 1.76. The zero-order valence-corrected chi connectivity index (χ0v) is 13.2. The number of rotatable bonds is 4. The van der Waals surface area contributed by atoms with Crippen LogP contribution in [0.5, 0.6) is 0 Å². The van der Waals surface area contributed by atoms with Gasteiger partial charge in [-0.3, -0.25) is 0 Å². The van der Waals surface area contributed by atoms with Gasteiger partial charge in [0.05, 0.1) is 5.02 Å². The molecule has 0 aromatic carbocycles. The van der Waals surface area contributed by atoms with Crippen molar-refractivity contribution in [2.45, 2.75) is 58.2 Å². The van der Waals surface area contributed by atoms with Gasteiger partial charge in [-0.05, 0) is 50.2 Å². The van der Waals surface area contributed by atoms with E-state index >= 15 is 0 Å². The van der Waals surface area contributed by atoms with E-state index in [0.29, 0.717) is 12.1 Å². The van der Waals surface area contributed by atoms with Gasteiger partial charge in [-0.25, -0.2) is 4.98 Å². The summed E-state index contributed by atoms with van der Waals surface area (Å²) in [6.45, 7) is 6.61. The molecule has 4 heteroatoms. The lowest BCUT2D eigenvalue weighted by atomic mass is 9.92. The summed E-state index contributed by atoms with van der Waals surface area (Å²) in [4.78, 5) is 6.99. The normalized spacial score (nSPS) is 26.9. The van der Waals surface area contributed by atoms with Crippen LogP contribution in [0.3, 0.4) is 0 Å². The Morgan fingerprint density at radius 3 is 2.90 bits per heavy atom. The first-order chi connectivity index (χ1) is 9.65. The van der Waals surface area contributed by atoms with E-state index in [0.717, 1.165) is 29.8 Å². The van der Waals surface area contributed by atoms with Crippen LogP contribution in [0.2, 0.25) is 5.02 Å². The number of piperidine rings is 1. The smallest absolute Gasteiger partial charge is 0.129 e. The Kier molecular flexibility index (Phi) is 4.18. The van der Waals surface area contributed by atoms with Crippen LogP contribution in [0.4, 0.5) is 5.82 Å². The molecule has 0 amide bonds. The largest absolute Gasteiger partial charge is 0.354 e. The summed E-state index contributed by atoms with van der Waals surface area (Å²) in [5, 5.41) is 4.31. The molecule has 2 atom stereocenters. The van der Waals surface area contributed by atoms with Gasteiger partial charge in [-0.1, -0.05) is 18.5 Å². The fourth-order valence-electron chi connectivity index (χ4n) is 2.96. The molecule has 1 saturated carbocycles. The van der Waals surface area contributed by atoms with Gasteiger partial charge in [0, 0.05) is 31.4 Å². The zero-order chi connectivity index (χ0) is 14.1. The minimum absolute atomic E-state index is 0.557. The highest BCUT2D eigenvalue weighted by Crippen LogP contribution is 2.29. The maximum Gasteiger partial charge on any atom is 0.129 e. The molecular weight excluding hydrogens is 270 g/mol. The lowest BCUT2D eigenvalue weighted by molar-refractivity contribution is 0.361. The number of hydrogen-bond acceptors (Lipinski definition) is 3. The lowest BCUT2D eigenvalue weighted by Gasteiger charge is -2.39. The highest BCUT2D eigenvalue weighted by atomic mass is 35.5. The molecule has 20 heavy (non-hydrogen) atoms. The highest BCUT2D eigenvalue weighted by Gasteiger charge is 2.26. The molecule has 2 fully saturated rings. The van der Waals surface area contributed by atoms with Crippen LogP contribution < -0.4 is 10.2 Å². The van der Waals surface area contributed by atoms with Gasteiger partial charge >= 0.3 is 0 Å². The molecule has 2 heterocycles. The minimum Gasteiger partial charge on any atom is -0.354 e. The molecule has 2 aliphatic rings. The van der Waals surface area contributed by atoms with E-state index in [1.807, 2.05) is 6.20 Å². The van der Waals surface area contributed by atoms with Gasteiger partial charge in [0.2, 0.25) is 0 Å². The first-order valence-corrected chi connectivity index (χ1v) is 8.17. The number of halogens is 1. The Morgan fingerprint density at radius 2 is 2.15 bits per heavy atom. The third kappa shape index (κ3) is 3.09. The van der Waals surface area contributed by atoms with Gasteiger partial charge < -0.3 is 10.2 Å². The van der Waals surface area contributed by atoms with Crippen molar-refractivity contribution in [3.63, 3.8) is 0 Å². The number of pyridine rings is 1. The quantitative estimate of drug-likeness (QED) is 0.919. The molecule has 1 N–H and O–H groups in total. The Labute approximate surface area is 126 Å². The van der Waals surface area contributed by atoms with Crippen molar-refractivity contribution in [2.24, 2.45) is 5.92 Å². The van der Waals surface area contributed by atoms with Crippen LogP contribution in [0, 0.1) is 5.92 Å². The minimum atomic E-state index is 0.557. The predicted octanol–water partition coefficient (Wildman–Crippen LogP) is 3.61. The first kappa shape index (κ1) is 14.2. The van der Waals surface area contributed by atoms with E-state index in [1.165, 1.54) is 31.2 Å². The van der Waals surface area contributed by atoms with Gasteiger partial charge in [0.25, 0.3) is 0 Å². The van der Waals surface area contributed by atoms with Crippen molar-refractivity contribution < 1.29 is 0 Å². The van der Waals surface area contributed by atoms with Gasteiger partial charge in [-0.15, -0.1) is 0 Å². The molecule has 0 bridgehead atoms. The Bertz CT molecular complexity index is 473. The molecule has 0 spiro atoms. The van der Waals surface area contributed by atoms with Crippen molar-refractivity contribution in [3.05, 3.63) is 22.8 Å². The Morgan fingerprint density at radius 1 is 1.35 bits per heavy atom. The Hall–Kier alpha value is -0.800. The number of nitrogens with one attached hydrogen (secondary N) is 1. The fraction of sp³-hybridized carbons (Fsp3) is 0.688. The summed E-state index contributed by atoms with van der Waals surface area (Å²) < 4.78 is 0. The van der Waals surface area contributed by atoms with E-state index < -0.39 is 0 Å². The van der Waals surface area contributed by atoms with Gasteiger partial charge in [-0.2, -0.15) is 0 Å². The van der Waals surface area contributed by atoms with Crippen molar-refractivity contribution in [1.29, 1.82) is 0 Å².